The van der Waals surface area contributed by atoms with Crippen molar-refractivity contribution < 1.29 is 9.84 Å². The number of ether oxygens (including phenoxy) is 1. The van der Waals surface area contributed by atoms with Crippen molar-refractivity contribution in [1.82, 2.24) is 0 Å². The zero-order valence-corrected chi connectivity index (χ0v) is 8.99. The molecule has 1 fully saturated rings. The van der Waals surface area contributed by atoms with Crippen molar-refractivity contribution in [2.45, 2.75) is 51.7 Å². The Balaban J connectivity index is 2.22. The van der Waals surface area contributed by atoms with Crippen molar-refractivity contribution in [3.8, 4) is 0 Å². The molecule has 0 bridgehead atoms. The minimum Gasteiger partial charge on any atom is -0.390 e. The smallest absolute Gasteiger partial charge is 0.0858 e. The quantitative estimate of drug-likeness (QED) is 0.689. The van der Waals surface area contributed by atoms with Gasteiger partial charge in [0.15, 0.2) is 0 Å². The van der Waals surface area contributed by atoms with Crippen molar-refractivity contribution in [1.29, 1.82) is 0 Å². The van der Waals surface area contributed by atoms with Gasteiger partial charge in [0.2, 0.25) is 0 Å². The molecule has 0 radical (unpaired) electrons. The fourth-order valence-electron chi connectivity index (χ4n) is 1.76. The largest absolute Gasteiger partial charge is 0.390 e. The molecule has 1 aliphatic rings. The average molecular weight is 186 g/mol. The van der Waals surface area contributed by atoms with Gasteiger partial charge in [-0.05, 0) is 37.5 Å². The van der Waals surface area contributed by atoms with E-state index in [-0.39, 0.29) is 12.2 Å². The highest BCUT2D eigenvalue weighted by molar-refractivity contribution is 4.86. The summed E-state index contributed by atoms with van der Waals surface area (Å²) in [6.07, 6.45) is 4.29. The molecule has 0 spiro atoms. The molecule has 1 rings (SSSR count). The Hall–Kier alpha value is -0.0800. The predicted octanol–water partition coefficient (Wildman–Crippen LogP) is 2.21. The summed E-state index contributed by atoms with van der Waals surface area (Å²) in [7, 11) is 1.71. The molecule has 78 valence electrons. The molecular formula is C11H22O2. The number of hydrogen-bond acceptors (Lipinski definition) is 2. The first kappa shape index (κ1) is 11.0. The molecule has 1 aliphatic carbocycles. The molecule has 1 saturated carbocycles. The van der Waals surface area contributed by atoms with E-state index in [2.05, 4.69) is 13.8 Å². The van der Waals surface area contributed by atoms with Crippen molar-refractivity contribution in [2.24, 2.45) is 11.8 Å². The van der Waals surface area contributed by atoms with Crippen LogP contribution in [0.4, 0.5) is 0 Å². The molecular weight excluding hydrogens is 164 g/mol. The van der Waals surface area contributed by atoms with Gasteiger partial charge in [-0.15, -0.1) is 0 Å². The number of aliphatic hydroxyl groups is 1. The maximum Gasteiger partial charge on any atom is 0.0858 e. The van der Waals surface area contributed by atoms with Gasteiger partial charge in [0.05, 0.1) is 12.2 Å². The highest BCUT2D eigenvalue weighted by atomic mass is 16.5. The van der Waals surface area contributed by atoms with Gasteiger partial charge in [0, 0.05) is 7.11 Å². The van der Waals surface area contributed by atoms with Gasteiger partial charge >= 0.3 is 0 Å². The van der Waals surface area contributed by atoms with Crippen LogP contribution in [-0.4, -0.2) is 24.4 Å². The lowest BCUT2D eigenvalue weighted by Gasteiger charge is -2.21. The summed E-state index contributed by atoms with van der Waals surface area (Å²) >= 11 is 0. The van der Waals surface area contributed by atoms with Gasteiger partial charge < -0.3 is 9.84 Å². The van der Waals surface area contributed by atoms with Crippen LogP contribution in [0.2, 0.25) is 0 Å². The van der Waals surface area contributed by atoms with Gasteiger partial charge in [-0.3, -0.25) is 0 Å². The number of rotatable bonds is 6. The average Bonchev–Trinajstić information content (AvgIpc) is 2.86. The van der Waals surface area contributed by atoms with Crippen LogP contribution in [-0.2, 0) is 4.74 Å². The fourth-order valence-corrected chi connectivity index (χ4v) is 1.76. The lowest BCUT2D eigenvalue weighted by Crippen LogP contribution is -2.30. The Morgan fingerprint density at radius 2 is 1.92 bits per heavy atom. The molecule has 0 amide bonds. The molecule has 0 aliphatic heterocycles. The molecule has 0 aromatic rings. The van der Waals surface area contributed by atoms with Gasteiger partial charge in [-0.2, -0.15) is 0 Å². The Morgan fingerprint density at radius 3 is 2.31 bits per heavy atom. The van der Waals surface area contributed by atoms with E-state index >= 15 is 0 Å². The summed E-state index contributed by atoms with van der Waals surface area (Å²) in [6.45, 7) is 4.37. The molecule has 2 unspecified atom stereocenters. The molecule has 1 N–H and O–H groups in total. The van der Waals surface area contributed by atoms with Crippen LogP contribution in [0.1, 0.15) is 39.5 Å². The van der Waals surface area contributed by atoms with Crippen LogP contribution in [0.3, 0.4) is 0 Å². The number of aliphatic hydroxyl groups excluding tert-OH is 1. The SMILES string of the molecule is COC(C(O)CCC(C)C)C1CC1. The molecule has 0 heterocycles. The van der Waals surface area contributed by atoms with Crippen molar-refractivity contribution in [3.63, 3.8) is 0 Å². The normalized spacial score (nSPS) is 21.9. The van der Waals surface area contributed by atoms with E-state index < -0.39 is 0 Å². The van der Waals surface area contributed by atoms with E-state index in [9.17, 15) is 5.11 Å². The number of methoxy groups -OCH3 is 1. The summed E-state index contributed by atoms with van der Waals surface area (Å²) in [5.74, 6) is 1.30. The summed E-state index contributed by atoms with van der Waals surface area (Å²) in [5.41, 5.74) is 0. The minimum atomic E-state index is -0.250. The first-order valence-electron chi connectivity index (χ1n) is 5.36. The molecule has 0 aromatic heterocycles. The highest BCUT2D eigenvalue weighted by Crippen LogP contribution is 2.36. The first-order chi connectivity index (χ1) is 6.15. The highest BCUT2D eigenvalue weighted by Gasteiger charge is 2.35. The van der Waals surface area contributed by atoms with E-state index in [1.54, 1.807) is 7.11 Å². The van der Waals surface area contributed by atoms with Crippen LogP contribution in [0.25, 0.3) is 0 Å². The van der Waals surface area contributed by atoms with Crippen LogP contribution >= 0.6 is 0 Å². The van der Waals surface area contributed by atoms with Crippen LogP contribution < -0.4 is 0 Å². The molecule has 2 atom stereocenters. The van der Waals surface area contributed by atoms with E-state index in [1.165, 1.54) is 12.8 Å². The minimum absolute atomic E-state index is 0.0961. The van der Waals surface area contributed by atoms with Crippen LogP contribution in [0.5, 0.6) is 0 Å². The second-order valence-corrected chi connectivity index (χ2v) is 4.58. The van der Waals surface area contributed by atoms with E-state index in [0.29, 0.717) is 11.8 Å². The van der Waals surface area contributed by atoms with Gasteiger partial charge in [-0.25, -0.2) is 0 Å². The Bertz CT molecular complexity index is 141. The lowest BCUT2D eigenvalue weighted by atomic mass is 9.99. The standard InChI is InChI=1S/C11H22O2/c1-8(2)4-7-10(12)11(13-3)9-5-6-9/h8-12H,4-7H2,1-3H3. The Kier molecular flexibility index (Phi) is 4.20. The fraction of sp³-hybridized carbons (Fsp3) is 1.00. The van der Waals surface area contributed by atoms with Gasteiger partial charge in [0.1, 0.15) is 0 Å². The lowest BCUT2D eigenvalue weighted by molar-refractivity contribution is -0.0298. The van der Waals surface area contributed by atoms with Crippen molar-refractivity contribution in [3.05, 3.63) is 0 Å². The van der Waals surface area contributed by atoms with Gasteiger partial charge in [0.25, 0.3) is 0 Å². The summed E-state index contributed by atoms with van der Waals surface area (Å²) in [6, 6.07) is 0. The molecule has 0 saturated heterocycles. The maximum absolute atomic E-state index is 9.84. The number of hydrogen-bond donors (Lipinski definition) is 1. The molecule has 2 heteroatoms. The zero-order valence-electron chi connectivity index (χ0n) is 8.99. The van der Waals surface area contributed by atoms with Crippen molar-refractivity contribution >= 4 is 0 Å². The summed E-state index contributed by atoms with van der Waals surface area (Å²) in [5, 5.41) is 9.84. The van der Waals surface area contributed by atoms with Crippen molar-refractivity contribution in [2.75, 3.05) is 7.11 Å². The summed E-state index contributed by atoms with van der Waals surface area (Å²) in [4.78, 5) is 0. The second-order valence-electron chi connectivity index (χ2n) is 4.58. The molecule has 13 heavy (non-hydrogen) atoms. The van der Waals surface area contributed by atoms with E-state index in [4.69, 9.17) is 4.74 Å². The predicted molar refractivity (Wildman–Crippen MR) is 53.6 cm³/mol. The van der Waals surface area contributed by atoms with Gasteiger partial charge in [-0.1, -0.05) is 13.8 Å². The maximum atomic E-state index is 9.84. The second kappa shape index (κ2) is 4.97. The Labute approximate surface area is 81.3 Å². The third-order valence-electron chi connectivity index (χ3n) is 2.78. The molecule has 2 nitrogen and oxygen atoms in total. The van der Waals surface area contributed by atoms with Crippen LogP contribution in [0, 0.1) is 11.8 Å². The van der Waals surface area contributed by atoms with E-state index in [1.807, 2.05) is 0 Å². The third-order valence-corrected chi connectivity index (χ3v) is 2.78. The molecule has 0 aromatic carbocycles. The third kappa shape index (κ3) is 3.65. The Morgan fingerprint density at radius 1 is 1.31 bits per heavy atom. The zero-order chi connectivity index (χ0) is 9.84. The monoisotopic (exact) mass is 186 g/mol. The van der Waals surface area contributed by atoms with E-state index in [0.717, 1.165) is 12.8 Å². The topological polar surface area (TPSA) is 29.5 Å². The van der Waals surface area contributed by atoms with Crippen LogP contribution in [0.15, 0.2) is 0 Å². The summed E-state index contributed by atoms with van der Waals surface area (Å²) < 4.78 is 5.32. The first-order valence-corrected chi connectivity index (χ1v) is 5.36.